The molecule has 0 atom stereocenters. The molecule has 12 heavy (non-hydrogen) atoms. The molecule has 0 fully saturated rings. The van der Waals surface area contributed by atoms with Crippen LogP contribution in [0.15, 0.2) is 30.5 Å². The number of halogens is 1. The van der Waals surface area contributed by atoms with Gasteiger partial charge in [-0.05, 0) is 25.1 Å². The second kappa shape index (κ2) is 2.55. The zero-order chi connectivity index (χ0) is 8.55. The van der Waals surface area contributed by atoms with Crippen LogP contribution >= 0.6 is 0 Å². The fraction of sp³-hybridized carbons (Fsp3) is 0.100. The summed E-state index contributed by atoms with van der Waals surface area (Å²) in [5, 5.41) is 0.856. The van der Waals surface area contributed by atoms with Crippen LogP contribution < -0.4 is 0 Å². The highest BCUT2D eigenvalue weighted by atomic mass is 19.1. The number of rotatable bonds is 0. The summed E-state index contributed by atoms with van der Waals surface area (Å²) in [5.41, 5.74) is 1.96. The maximum absolute atomic E-state index is 12.7. The summed E-state index contributed by atoms with van der Waals surface area (Å²) in [6, 6.07) is 7.28. The molecule has 60 valence electrons. The molecule has 0 bridgehead atoms. The van der Waals surface area contributed by atoms with Gasteiger partial charge in [-0.25, -0.2) is 4.39 Å². The predicted octanol–water partition coefficient (Wildman–Crippen LogP) is 2.68. The molecule has 1 aromatic carbocycles. The molecule has 0 radical (unpaired) electrons. The van der Waals surface area contributed by atoms with Gasteiger partial charge in [-0.3, -0.25) is 4.98 Å². The van der Waals surface area contributed by atoms with Crippen molar-refractivity contribution in [2.24, 2.45) is 0 Å². The van der Waals surface area contributed by atoms with E-state index in [2.05, 4.69) is 4.98 Å². The lowest BCUT2D eigenvalue weighted by molar-refractivity contribution is 0.624. The van der Waals surface area contributed by atoms with Gasteiger partial charge in [-0.1, -0.05) is 11.6 Å². The summed E-state index contributed by atoms with van der Waals surface area (Å²) in [6.07, 6.45) is 1.23. The van der Waals surface area contributed by atoms with Crippen molar-refractivity contribution in [1.29, 1.82) is 0 Å². The molecule has 0 aliphatic heterocycles. The minimum absolute atomic E-state index is 0.284. The van der Waals surface area contributed by atoms with Crippen molar-refractivity contribution < 1.29 is 4.39 Å². The Bertz CT molecular complexity index is 386. The van der Waals surface area contributed by atoms with Gasteiger partial charge in [-0.2, -0.15) is 0 Å². The molecule has 2 rings (SSSR count). The molecular weight excluding hydrogens is 153 g/mol. The average Bonchev–Trinajstić information content (AvgIpc) is 2.03. The third-order valence-electron chi connectivity index (χ3n) is 1.80. The van der Waals surface area contributed by atoms with Gasteiger partial charge < -0.3 is 0 Å². The fourth-order valence-electron chi connectivity index (χ4n) is 1.22. The number of nitrogens with zero attached hydrogens (tertiary/aromatic N) is 1. The molecule has 0 unspecified atom stereocenters. The van der Waals surface area contributed by atoms with Crippen molar-refractivity contribution in [3.05, 3.63) is 41.8 Å². The van der Waals surface area contributed by atoms with Gasteiger partial charge in [-0.15, -0.1) is 0 Å². The largest absolute Gasteiger partial charge is 0.253 e. The molecule has 1 nitrogen and oxygen atoms in total. The maximum atomic E-state index is 12.7. The number of fused-ring (bicyclic) bond motifs is 1. The summed E-state index contributed by atoms with van der Waals surface area (Å²) in [4.78, 5) is 3.95. The van der Waals surface area contributed by atoms with Crippen LogP contribution in [0.4, 0.5) is 4.39 Å². The van der Waals surface area contributed by atoms with Crippen LogP contribution in [-0.4, -0.2) is 4.98 Å². The van der Waals surface area contributed by atoms with Crippen LogP contribution in [0.1, 0.15) is 5.56 Å². The number of pyridine rings is 1. The average molecular weight is 161 g/mol. The number of aromatic nitrogens is 1. The summed E-state index contributed by atoms with van der Waals surface area (Å²) in [5.74, 6) is -0.284. The molecule has 0 spiro atoms. The SMILES string of the molecule is Cc1ccc2ncc(F)cc2c1. The minimum atomic E-state index is -0.284. The van der Waals surface area contributed by atoms with Crippen LogP contribution in [0.5, 0.6) is 0 Å². The Kier molecular flexibility index (Phi) is 1.54. The summed E-state index contributed by atoms with van der Waals surface area (Å²) >= 11 is 0. The van der Waals surface area contributed by atoms with E-state index in [9.17, 15) is 4.39 Å². The Balaban J connectivity index is 2.80. The van der Waals surface area contributed by atoms with Gasteiger partial charge >= 0.3 is 0 Å². The lowest BCUT2D eigenvalue weighted by Crippen LogP contribution is -1.82. The molecule has 0 saturated carbocycles. The fourth-order valence-corrected chi connectivity index (χ4v) is 1.22. The first-order valence-corrected chi connectivity index (χ1v) is 3.77. The first-order chi connectivity index (χ1) is 5.75. The zero-order valence-corrected chi connectivity index (χ0v) is 6.71. The molecule has 0 amide bonds. The Morgan fingerprint density at radius 1 is 1.25 bits per heavy atom. The third kappa shape index (κ3) is 1.16. The second-order valence-corrected chi connectivity index (χ2v) is 2.85. The normalized spacial score (nSPS) is 10.5. The van der Waals surface area contributed by atoms with Crippen molar-refractivity contribution in [3.8, 4) is 0 Å². The molecule has 0 saturated heterocycles. The molecule has 0 aliphatic rings. The second-order valence-electron chi connectivity index (χ2n) is 2.85. The number of hydrogen-bond donors (Lipinski definition) is 0. The molecule has 0 aliphatic carbocycles. The summed E-state index contributed by atoms with van der Waals surface area (Å²) in [7, 11) is 0. The van der Waals surface area contributed by atoms with E-state index < -0.39 is 0 Å². The topological polar surface area (TPSA) is 12.9 Å². The van der Waals surface area contributed by atoms with Crippen molar-refractivity contribution in [2.75, 3.05) is 0 Å². The van der Waals surface area contributed by atoms with Crippen molar-refractivity contribution in [2.45, 2.75) is 6.92 Å². The Morgan fingerprint density at radius 2 is 2.08 bits per heavy atom. The van der Waals surface area contributed by atoms with Crippen molar-refractivity contribution >= 4 is 10.9 Å². The van der Waals surface area contributed by atoms with E-state index in [1.54, 1.807) is 0 Å². The third-order valence-corrected chi connectivity index (χ3v) is 1.80. The number of benzene rings is 1. The molecule has 0 N–H and O–H groups in total. The van der Waals surface area contributed by atoms with Gasteiger partial charge in [0.25, 0.3) is 0 Å². The monoisotopic (exact) mass is 161 g/mol. The van der Waals surface area contributed by atoms with E-state index in [0.717, 1.165) is 16.5 Å². The molecule has 2 heteroatoms. The zero-order valence-electron chi connectivity index (χ0n) is 6.71. The first kappa shape index (κ1) is 7.22. The van der Waals surface area contributed by atoms with E-state index in [1.165, 1.54) is 12.3 Å². The van der Waals surface area contributed by atoms with E-state index >= 15 is 0 Å². The van der Waals surface area contributed by atoms with Gasteiger partial charge in [0.05, 0.1) is 11.7 Å². The number of hydrogen-bond acceptors (Lipinski definition) is 1. The van der Waals surface area contributed by atoms with Crippen LogP contribution in [0.25, 0.3) is 10.9 Å². The highest BCUT2D eigenvalue weighted by Crippen LogP contribution is 2.13. The van der Waals surface area contributed by atoms with E-state index in [0.29, 0.717) is 0 Å². The Morgan fingerprint density at radius 3 is 2.92 bits per heavy atom. The van der Waals surface area contributed by atoms with E-state index in [-0.39, 0.29) is 5.82 Å². The van der Waals surface area contributed by atoms with Crippen LogP contribution in [0, 0.1) is 12.7 Å². The van der Waals surface area contributed by atoms with Gasteiger partial charge in [0.2, 0.25) is 0 Å². The van der Waals surface area contributed by atoms with Crippen molar-refractivity contribution in [1.82, 2.24) is 4.98 Å². The van der Waals surface area contributed by atoms with Crippen LogP contribution in [0.2, 0.25) is 0 Å². The molecule has 1 heterocycles. The van der Waals surface area contributed by atoms with Crippen molar-refractivity contribution in [3.63, 3.8) is 0 Å². The molecular formula is C10H8FN. The Labute approximate surface area is 69.9 Å². The molecule has 2 aromatic rings. The quantitative estimate of drug-likeness (QED) is 0.578. The van der Waals surface area contributed by atoms with Gasteiger partial charge in [0.1, 0.15) is 5.82 Å². The minimum Gasteiger partial charge on any atom is -0.253 e. The van der Waals surface area contributed by atoms with Gasteiger partial charge in [0, 0.05) is 5.39 Å². The maximum Gasteiger partial charge on any atom is 0.142 e. The first-order valence-electron chi connectivity index (χ1n) is 3.77. The number of aryl methyl sites for hydroxylation is 1. The lowest BCUT2D eigenvalue weighted by atomic mass is 10.1. The van der Waals surface area contributed by atoms with Crippen LogP contribution in [-0.2, 0) is 0 Å². The van der Waals surface area contributed by atoms with Gasteiger partial charge in [0.15, 0.2) is 0 Å². The summed E-state index contributed by atoms with van der Waals surface area (Å²) in [6.45, 7) is 1.98. The highest BCUT2D eigenvalue weighted by molar-refractivity contribution is 5.78. The molecule has 1 aromatic heterocycles. The highest BCUT2D eigenvalue weighted by Gasteiger charge is 1.96. The smallest absolute Gasteiger partial charge is 0.142 e. The predicted molar refractivity (Wildman–Crippen MR) is 46.4 cm³/mol. The lowest BCUT2D eigenvalue weighted by Gasteiger charge is -1.97. The van der Waals surface area contributed by atoms with E-state index in [4.69, 9.17) is 0 Å². The standard InChI is InChI=1S/C10H8FN/c1-7-2-3-10-8(4-7)5-9(11)6-12-10/h2-6H,1H3. The Hall–Kier alpha value is -1.44. The summed E-state index contributed by atoms with van der Waals surface area (Å²) < 4.78 is 12.7. The van der Waals surface area contributed by atoms with Crippen LogP contribution in [0.3, 0.4) is 0 Å². The van der Waals surface area contributed by atoms with E-state index in [1.807, 2.05) is 25.1 Å².